The molecule has 0 unspecified atom stereocenters. The molecule has 0 spiro atoms. The van der Waals surface area contributed by atoms with E-state index in [0.717, 1.165) is 44.1 Å². The molecule has 3 aromatic heterocycles. The van der Waals surface area contributed by atoms with Gasteiger partial charge in [0.05, 0.1) is 10.6 Å². The first-order valence-electron chi connectivity index (χ1n) is 12.1. The molecule has 3 aromatic carbocycles. The van der Waals surface area contributed by atoms with Crippen molar-refractivity contribution in [2.24, 2.45) is 0 Å². The second-order valence-corrected chi connectivity index (χ2v) is 10.9. The Balaban J connectivity index is 1.69. The zero-order chi connectivity index (χ0) is 25.6. The van der Waals surface area contributed by atoms with Gasteiger partial charge in [-0.25, -0.2) is 17.4 Å². The SMILES string of the molecule is C=CCc1cccc(-c2cc3c(-c4cccc5[nH]ccc45)ccnc3n2S(=O)(=O)c2ccc(C)cc2)c1. The molecule has 0 saturated carbocycles. The first-order chi connectivity index (χ1) is 18.0. The molecule has 0 aliphatic carbocycles. The molecule has 3 heterocycles. The maximum atomic E-state index is 14.1. The molecule has 6 heteroatoms. The molecule has 0 fully saturated rings. The molecule has 5 nitrogen and oxygen atoms in total. The lowest BCUT2D eigenvalue weighted by molar-refractivity contribution is 0.589. The van der Waals surface area contributed by atoms with Gasteiger partial charge in [-0.05, 0) is 78.1 Å². The number of hydrogen-bond donors (Lipinski definition) is 1. The standard InChI is InChI=1S/C31H25N3O2S/c1-3-6-22-7-4-8-23(19-22)30-20-28-26(25-9-5-10-29-27(25)16-17-32-29)15-18-33-31(28)34(30)37(35,36)24-13-11-21(2)12-14-24/h3-5,7-20,32H,1,6H2,2H3. The first kappa shape index (κ1) is 23.0. The predicted octanol–water partition coefficient (Wildman–Crippen LogP) is 7.13. The number of aryl methyl sites for hydroxylation is 1. The van der Waals surface area contributed by atoms with Crippen LogP contribution >= 0.6 is 0 Å². The molecule has 0 amide bonds. The lowest BCUT2D eigenvalue weighted by Gasteiger charge is -2.13. The van der Waals surface area contributed by atoms with E-state index in [2.05, 4.69) is 22.6 Å². The number of nitrogens with zero attached hydrogens (tertiary/aromatic N) is 2. The van der Waals surface area contributed by atoms with E-state index in [1.807, 2.05) is 85.9 Å². The zero-order valence-corrected chi connectivity index (χ0v) is 21.2. The number of fused-ring (bicyclic) bond motifs is 2. The second-order valence-electron chi connectivity index (χ2n) is 9.15. The van der Waals surface area contributed by atoms with Crippen LogP contribution < -0.4 is 0 Å². The molecule has 0 bridgehead atoms. The van der Waals surface area contributed by atoms with E-state index in [1.165, 1.54) is 3.97 Å². The number of aromatic amines is 1. The van der Waals surface area contributed by atoms with Gasteiger partial charge in [0, 0.05) is 28.7 Å². The average Bonchev–Trinajstić information content (AvgIpc) is 3.54. The Morgan fingerprint density at radius 1 is 0.919 bits per heavy atom. The van der Waals surface area contributed by atoms with Gasteiger partial charge >= 0.3 is 0 Å². The van der Waals surface area contributed by atoms with E-state index in [9.17, 15) is 8.42 Å². The minimum absolute atomic E-state index is 0.221. The van der Waals surface area contributed by atoms with Crippen molar-refractivity contribution >= 4 is 32.0 Å². The normalized spacial score (nSPS) is 11.8. The largest absolute Gasteiger partial charge is 0.361 e. The maximum Gasteiger partial charge on any atom is 0.269 e. The molecule has 0 aliphatic heterocycles. The predicted molar refractivity (Wildman–Crippen MR) is 150 cm³/mol. The lowest BCUT2D eigenvalue weighted by atomic mass is 9.99. The molecule has 37 heavy (non-hydrogen) atoms. The van der Waals surface area contributed by atoms with Crippen molar-refractivity contribution < 1.29 is 8.42 Å². The molecule has 0 atom stereocenters. The van der Waals surface area contributed by atoms with E-state index >= 15 is 0 Å². The van der Waals surface area contributed by atoms with Gasteiger partial charge in [0.15, 0.2) is 5.65 Å². The summed E-state index contributed by atoms with van der Waals surface area (Å²) >= 11 is 0. The molecule has 6 rings (SSSR count). The third-order valence-electron chi connectivity index (χ3n) is 6.71. The van der Waals surface area contributed by atoms with Gasteiger partial charge in [-0.2, -0.15) is 0 Å². The maximum absolute atomic E-state index is 14.1. The third-order valence-corrected chi connectivity index (χ3v) is 8.43. The fourth-order valence-corrected chi connectivity index (χ4v) is 6.40. The zero-order valence-electron chi connectivity index (χ0n) is 20.3. The number of aromatic nitrogens is 3. The summed E-state index contributed by atoms with van der Waals surface area (Å²) < 4.78 is 29.7. The van der Waals surface area contributed by atoms with E-state index in [0.29, 0.717) is 17.8 Å². The Labute approximate surface area is 215 Å². The van der Waals surface area contributed by atoms with E-state index in [1.54, 1.807) is 18.3 Å². The summed E-state index contributed by atoms with van der Waals surface area (Å²) in [6.07, 6.45) is 6.13. The molecule has 0 aliphatic rings. The quantitative estimate of drug-likeness (QED) is 0.246. The minimum Gasteiger partial charge on any atom is -0.361 e. The number of pyridine rings is 1. The van der Waals surface area contributed by atoms with Crippen molar-refractivity contribution in [3.63, 3.8) is 0 Å². The van der Waals surface area contributed by atoms with Crippen LogP contribution in [0.3, 0.4) is 0 Å². The third kappa shape index (κ3) is 3.86. The molecule has 0 radical (unpaired) electrons. The molecular weight excluding hydrogens is 478 g/mol. The van der Waals surface area contributed by atoms with Crippen molar-refractivity contribution in [3.05, 3.63) is 121 Å². The Bertz CT molecular complexity index is 1890. The average molecular weight is 504 g/mol. The van der Waals surface area contributed by atoms with Crippen molar-refractivity contribution in [1.82, 2.24) is 13.9 Å². The second kappa shape index (κ2) is 8.91. The first-order valence-corrected chi connectivity index (χ1v) is 13.5. The van der Waals surface area contributed by atoms with Crippen molar-refractivity contribution in [1.29, 1.82) is 0 Å². The summed E-state index contributed by atoms with van der Waals surface area (Å²) in [5.74, 6) is 0. The number of H-pyrrole nitrogens is 1. The number of allylic oxidation sites excluding steroid dienone is 1. The van der Waals surface area contributed by atoms with Gasteiger partial charge in [-0.15, -0.1) is 6.58 Å². The van der Waals surface area contributed by atoms with E-state index in [4.69, 9.17) is 0 Å². The van der Waals surface area contributed by atoms with Crippen LogP contribution in [0.2, 0.25) is 0 Å². The highest BCUT2D eigenvalue weighted by Crippen LogP contribution is 2.38. The number of rotatable bonds is 6. The van der Waals surface area contributed by atoms with Crippen molar-refractivity contribution in [2.75, 3.05) is 0 Å². The summed E-state index contributed by atoms with van der Waals surface area (Å²) in [6, 6.07) is 26.9. The van der Waals surface area contributed by atoms with Crippen LogP contribution in [0.1, 0.15) is 11.1 Å². The fraction of sp³-hybridized carbons (Fsp3) is 0.0645. The Hall–Kier alpha value is -4.42. The van der Waals surface area contributed by atoms with Crippen molar-refractivity contribution in [3.8, 4) is 22.4 Å². The Morgan fingerprint density at radius 3 is 2.51 bits per heavy atom. The Kier molecular flexibility index (Phi) is 5.54. The van der Waals surface area contributed by atoms with E-state index in [-0.39, 0.29) is 4.90 Å². The van der Waals surface area contributed by atoms with Gasteiger partial charge in [0.25, 0.3) is 10.0 Å². The van der Waals surface area contributed by atoms with Gasteiger partial charge in [0.1, 0.15) is 0 Å². The molecule has 1 N–H and O–H groups in total. The topological polar surface area (TPSA) is 67.8 Å². The van der Waals surface area contributed by atoms with Crippen LogP contribution in [0.4, 0.5) is 0 Å². The molecular formula is C31H25N3O2S. The van der Waals surface area contributed by atoms with Crippen LogP contribution in [0.15, 0.2) is 115 Å². The summed E-state index contributed by atoms with van der Waals surface area (Å²) in [6.45, 7) is 5.79. The monoisotopic (exact) mass is 503 g/mol. The number of nitrogens with one attached hydrogen (secondary N) is 1. The van der Waals surface area contributed by atoms with Crippen LogP contribution in [-0.2, 0) is 16.4 Å². The molecule has 6 aromatic rings. The lowest BCUT2D eigenvalue weighted by Crippen LogP contribution is -2.14. The van der Waals surface area contributed by atoms with Gasteiger partial charge in [-0.1, -0.05) is 54.1 Å². The molecule has 0 saturated heterocycles. The van der Waals surface area contributed by atoms with Crippen LogP contribution in [0.25, 0.3) is 44.3 Å². The van der Waals surface area contributed by atoms with Crippen molar-refractivity contribution in [2.45, 2.75) is 18.2 Å². The summed E-state index contributed by atoms with van der Waals surface area (Å²) in [4.78, 5) is 8.09. The highest BCUT2D eigenvalue weighted by atomic mass is 32.2. The minimum atomic E-state index is -3.95. The van der Waals surface area contributed by atoms with Crippen LogP contribution in [-0.4, -0.2) is 22.4 Å². The summed E-state index contributed by atoms with van der Waals surface area (Å²) in [5.41, 5.74) is 6.79. The highest BCUT2D eigenvalue weighted by molar-refractivity contribution is 7.90. The summed E-state index contributed by atoms with van der Waals surface area (Å²) in [5, 5.41) is 1.84. The highest BCUT2D eigenvalue weighted by Gasteiger charge is 2.26. The van der Waals surface area contributed by atoms with E-state index < -0.39 is 10.0 Å². The van der Waals surface area contributed by atoms with Crippen LogP contribution in [0.5, 0.6) is 0 Å². The Morgan fingerprint density at radius 2 is 1.70 bits per heavy atom. The molecule has 182 valence electrons. The smallest absolute Gasteiger partial charge is 0.269 e. The number of hydrogen-bond acceptors (Lipinski definition) is 3. The van der Waals surface area contributed by atoms with Gasteiger partial charge in [0.2, 0.25) is 0 Å². The van der Waals surface area contributed by atoms with Gasteiger partial charge in [-0.3, -0.25) is 0 Å². The summed E-state index contributed by atoms with van der Waals surface area (Å²) in [7, 11) is -3.95. The fourth-order valence-electron chi connectivity index (χ4n) is 4.91. The van der Waals surface area contributed by atoms with Gasteiger partial charge < -0.3 is 4.98 Å². The number of benzene rings is 3. The van der Waals surface area contributed by atoms with Crippen LogP contribution in [0, 0.1) is 6.92 Å².